The molecule has 0 aliphatic heterocycles. The molecule has 0 aliphatic carbocycles. The third kappa shape index (κ3) is 5.01. The van der Waals surface area contributed by atoms with E-state index in [0.29, 0.717) is 16.8 Å². The van der Waals surface area contributed by atoms with Gasteiger partial charge in [-0.15, -0.1) is 0 Å². The van der Waals surface area contributed by atoms with Crippen LogP contribution in [-0.2, 0) is 24.7 Å². The van der Waals surface area contributed by atoms with Crippen LogP contribution in [0.3, 0.4) is 0 Å². The van der Waals surface area contributed by atoms with E-state index in [-0.39, 0.29) is 6.61 Å². The molecule has 3 aromatic carbocycles. The Labute approximate surface area is 183 Å². The number of anilines is 1. The number of carbonyl (C=O) groups excluding carboxylic acids is 2. The SMILES string of the molecule is CCOC(C(=O)OCC(=O)Nc1cc(C)ccc1C)(c1ccccc1)c1ccccc1. The van der Waals surface area contributed by atoms with Gasteiger partial charge in [-0.25, -0.2) is 4.79 Å². The highest BCUT2D eigenvalue weighted by Crippen LogP contribution is 2.35. The first kappa shape index (κ1) is 22.2. The second-order valence-corrected chi connectivity index (χ2v) is 7.29. The van der Waals surface area contributed by atoms with Gasteiger partial charge in [0.05, 0.1) is 0 Å². The molecule has 0 fully saturated rings. The molecule has 5 nitrogen and oxygen atoms in total. The lowest BCUT2D eigenvalue weighted by atomic mass is 9.86. The highest BCUT2D eigenvalue weighted by atomic mass is 16.6. The summed E-state index contributed by atoms with van der Waals surface area (Å²) < 4.78 is 11.5. The molecule has 0 aromatic heterocycles. The van der Waals surface area contributed by atoms with E-state index in [1.165, 1.54) is 0 Å². The minimum Gasteiger partial charge on any atom is -0.453 e. The van der Waals surface area contributed by atoms with Gasteiger partial charge in [0, 0.05) is 12.3 Å². The Morgan fingerprint density at radius 2 is 1.45 bits per heavy atom. The highest BCUT2D eigenvalue weighted by molar-refractivity contribution is 5.95. The van der Waals surface area contributed by atoms with Crippen molar-refractivity contribution >= 4 is 17.6 Å². The minimum absolute atomic E-state index is 0.285. The van der Waals surface area contributed by atoms with Crippen LogP contribution in [-0.4, -0.2) is 25.1 Å². The van der Waals surface area contributed by atoms with Crippen LogP contribution in [0.15, 0.2) is 78.9 Å². The summed E-state index contributed by atoms with van der Waals surface area (Å²) in [6.45, 7) is 5.55. The van der Waals surface area contributed by atoms with E-state index in [2.05, 4.69) is 5.32 Å². The number of ether oxygens (including phenoxy) is 2. The summed E-state index contributed by atoms with van der Waals surface area (Å²) in [6.07, 6.45) is 0. The maximum absolute atomic E-state index is 13.4. The van der Waals surface area contributed by atoms with Crippen molar-refractivity contribution in [3.63, 3.8) is 0 Å². The van der Waals surface area contributed by atoms with Crippen LogP contribution in [0.2, 0.25) is 0 Å². The molecule has 3 aromatic rings. The van der Waals surface area contributed by atoms with E-state index in [0.717, 1.165) is 11.1 Å². The molecule has 0 atom stereocenters. The number of hydrogen-bond acceptors (Lipinski definition) is 4. The Balaban J connectivity index is 1.85. The fourth-order valence-corrected chi connectivity index (χ4v) is 3.48. The van der Waals surface area contributed by atoms with E-state index in [4.69, 9.17) is 9.47 Å². The summed E-state index contributed by atoms with van der Waals surface area (Å²) in [5.41, 5.74) is 2.48. The Hall–Kier alpha value is -3.44. The van der Waals surface area contributed by atoms with Crippen LogP contribution < -0.4 is 5.32 Å². The number of hydrogen-bond donors (Lipinski definition) is 1. The van der Waals surface area contributed by atoms with Gasteiger partial charge in [-0.1, -0.05) is 72.8 Å². The topological polar surface area (TPSA) is 64.6 Å². The van der Waals surface area contributed by atoms with Crippen LogP contribution >= 0.6 is 0 Å². The van der Waals surface area contributed by atoms with Crippen LogP contribution in [0.1, 0.15) is 29.2 Å². The molecule has 160 valence electrons. The first-order valence-corrected chi connectivity index (χ1v) is 10.3. The number of aryl methyl sites for hydroxylation is 2. The van der Waals surface area contributed by atoms with Gasteiger partial charge >= 0.3 is 5.97 Å². The zero-order valence-corrected chi connectivity index (χ0v) is 18.1. The molecule has 1 amide bonds. The van der Waals surface area contributed by atoms with Crippen molar-refractivity contribution in [2.45, 2.75) is 26.4 Å². The largest absolute Gasteiger partial charge is 0.453 e. The summed E-state index contributed by atoms with van der Waals surface area (Å²) in [4.78, 5) is 25.9. The molecule has 0 saturated carbocycles. The van der Waals surface area contributed by atoms with E-state index < -0.39 is 24.1 Å². The minimum atomic E-state index is -1.46. The summed E-state index contributed by atoms with van der Waals surface area (Å²) >= 11 is 0. The number of benzene rings is 3. The summed E-state index contributed by atoms with van der Waals surface area (Å²) in [7, 11) is 0. The van der Waals surface area contributed by atoms with Crippen molar-refractivity contribution in [2.75, 3.05) is 18.5 Å². The van der Waals surface area contributed by atoms with Crippen molar-refractivity contribution in [2.24, 2.45) is 0 Å². The molecule has 0 heterocycles. The lowest BCUT2D eigenvalue weighted by Crippen LogP contribution is -2.42. The van der Waals surface area contributed by atoms with Gasteiger partial charge in [0.2, 0.25) is 5.60 Å². The zero-order valence-electron chi connectivity index (χ0n) is 18.1. The van der Waals surface area contributed by atoms with Crippen molar-refractivity contribution in [3.05, 3.63) is 101 Å². The van der Waals surface area contributed by atoms with E-state index in [1.807, 2.05) is 99.6 Å². The fourth-order valence-electron chi connectivity index (χ4n) is 3.48. The van der Waals surface area contributed by atoms with Gasteiger partial charge in [-0.05, 0) is 49.1 Å². The number of rotatable bonds is 8. The lowest BCUT2D eigenvalue weighted by Gasteiger charge is -2.32. The predicted molar refractivity (Wildman–Crippen MR) is 121 cm³/mol. The van der Waals surface area contributed by atoms with Crippen LogP contribution in [0.25, 0.3) is 0 Å². The number of carbonyl (C=O) groups is 2. The first-order valence-electron chi connectivity index (χ1n) is 10.3. The predicted octanol–water partition coefficient (Wildman–Crippen LogP) is 4.77. The quantitative estimate of drug-likeness (QED) is 0.537. The maximum Gasteiger partial charge on any atom is 0.348 e. The Bertz CT molecular complexity index is 992. The molecule has 3 rings (SSSR count). The molecule has 0 bridgehead atoms. The smallest absolute Gasteiger partial charge is 0.348 e. The second-order valence-electron chi connectivity index (χ2n) is 7.29. The third-order valence-electron chi connectivity index (χ3n) is 5.01. The van der Waals surface area contributed by atoms with Gasteiger partial charge in [-0.3, -0.25) is 4.79 Å². The van der Waals surface area contributed by atoms with E-state index in [9.17, 15) is 9.59 Å². The van der Waals surface area contributed by atoms with Crippen molar-refractivity contribution in [3.8, 4) is 0 Å². The molecule has 0 spiro atoms. The van der Waals surface area contributed by atoms with Gasteiger partial charge in [0.25, 0.3) is 5.91 Å². The molecule has 1 N–H and O–H groups in total. The zero-order chi connectivity index (χ0) is 22.3. The van der Waals surface area contributed by atoms with Crippen LogP contribution in [0.4, 0.5) is 5.69 Å². The van der Waals surface area contributed by atoms with Crippen molar-refractivity contribution in [1.82, 2.24) is 0 Å². The van der Waals surface area contributed by atoms with Gasteiger partial charge < -0.3 is 14.8 Å². The van der Waals surface area contributed by atoms with Gasteiger partial charge in [0.15, 0.2) is 6.61 Å². The third-order valence-corrected chi connectivity index (χ3v) is 5.01. The van der Waals surface area contributed by atoms with Crippen LogP contribution in [0, 0.1) is 13.8 Å². The molecule has 0 radical (unpaired) electrons. The van der Waals surface area contributed by atoms with Crippen molar-refractivity contribution in [1.29, 1.82) is 0 Å². The molecule has 0 aliphatic rings. The molecular formula is C26H27NO4. The standard InChI is InChI=1S/C26H27NO4/c1-4-31-26(21-11-7-5-8-12-21,22-13-9-6-10-14-22)25(29)30-18-24(28)27-23-17-19(2)15-16-20(23)3/h5-17H,4,18H2,1-3H3,(H,27,28). The van der Waals surface area contributed by atoms with Crippen molar-refractivity contribution < 1.29 is 19.1 Å². The first-order chi connectivity index (χ1) is 15.0. The monoisotopic (exact) mass is 417 g/mol. The number of esters is 1. The maximum atomic E-state index is 13.4. The average Bonchev–Trinajstić information content (AvgIpc) is 2.79. The highest BCUT2D eigenvalue weighted by Gasteiger charge is 2.45. The Morgan fingerprint density at radius 1 is 0.871 bits per heavy atom. The molecule has 0 saturated heterocycles. The van der Waals surface area contributed by atoms with E-state index >= 15 is 0 Å². The van der Waals surface area contributed by atoms with E-state index in [1.54, 1.807) is 0 Å². The Morgan fingerprint density at radius 3 is 2.00 bits per heavy atom. The molecule has 5 heteroatoms. The summed E-state index contributed by atoms with van der Waals surface area (Å²) in [6, 6.07) is 24.2. The molecule has 31 heavy (non-hydrogen) atoms. The van der Waals surface area contributed by atoms with Gasteiger partial charge in [0.1, 0.15) is 0 Å². The number of amides is 1. The average molecular weight is 418 g/mol. The number of nitrogens with one attached hydrogen (secondary N) is 1. The fraction of sp³-hybridized carbons (Fsp3) is 0.231. The van der Waals surface area contributed by atoms with Gasteiger partial charge in [-0.2, -0.15) is 0 Å². The normalized spacial score (nSPS) is 11.1. The Kier molecular flexibility index (Phi) is 7.21. The molecule has 0 unspecified atom stereocenters. The second kappa shape index (κ2) is 10.0. The lowest BCUT2D eigenvalue weighted by molar-refractivity contribution is -0.169. The summed E-state index contributed by atoms with van der Waals surface area (Å²) in [5, 5.41) is 2.81. The van der Waals surface area contributed by atoms with Crippen LogP contribution in [0.5, 0.6) is 0 Å². The molecular weight excluding hydrogens is 390 g/mol. The summed E-state index contributed by atoms with van der Waals surface area (Å²) in [5.74, 6) is -1.04.